The van der Waals surface area contributed by atoms with E-state index in [-0.39, 0.29) is 5.75 Å². The lowest BCUT2D eigenvalue weighted by Crippen LogP contribution is -2.28. The van der Waals surface area contributed by atoms with Crippen molar-refractivity contribution in [1.82, 2.24) is 4.90 Å². The molecule has 0 aromatic heterocycles. The lowest BCUT2D eigenvalue weighted by Gasteiger charge is -2.18. The summed E-state index contributed by atoms with van der Waals surface area (Å²) in [4.78, 5) is 2.26. The van der Waals surface area contributed by atoms with Gasteiger partial charge < -0.3 is 20.5 Å². The molecule has 3 N–H and O–H groups in total. The minimum atomic E-state index is 0.0698. The number of nitrogen functional groups attached to an aromatic ring is 1. The third-order valence-corrected chi connectivity index (χ3v) is 2.60. The number of ether oxygens (including phenoxy) is 1. The first-order valence-electron chi connectivity index (χ1n) is 5.61. The van der Waals surface area contributed by atoms with Gasteiger partial charge in [-0.1, -0.05) is 19.9 Å². The van der Waals surface area contributed by atoms with Gasteiger partial charge in [-0.2, -0.15) is 0 Å². The fourth-order valence-electron chi connectivity index (χ4n) is 1.48. The molecule has 0 saturated carbocycles. The lowest BCUT2D eigenvalue weighted by molar-refractivity contribution is 0.223. The summed E-state index contributed by atoms with van der Waals surface area (Å²) in [6.45, 7) is 7.70. The van der Waals surface area contributed by atoms with Gasteiger partial charge in [0, 0.05) is 6.54 Å². The highest BCUT2D eigenvalue weighted by atomic mass is 16.5. The highest BCUT2D eigenvalue weighted by molar-refractivity contribution is 5.61. The van der Waals surface area contributed by atoms with Gasteiger partial charge in [0.1, 0.15) is 23.8 Å². The average Bonchev–Trinajstić information content (AvgIpc) is 2.30. The van der Waals surface area contributed by atoms with Crippen LogP contribution in [0.15, 0.2) is 18.2 Å². The number of phenolic OH excluding ortho intramolecular Hbond substituents is 1. The zero-order chi connectivity index (χ0) is 12.0. The normalized spacial score (nSPS) is 10.7. The minimum Gasteiger partial charge on any atom is -0.506 e. The average molecular weight is 224 g/mol. The topological polar surface area (TPSA) is 58.7 Å². The molecule has 0 bridgehead atoms. The highest BCUT2D eigenvalue weighted by Crippen LogP contribution is 2.29. The lowest BCUT2D eigenvalue weighted by atomic mass is 10.3. The number of phenols is 1. The molecule has 90 valence electrons. The molecule has 0 aliphatic heterocycles. The molecule has 0 radical (unpaired) electrons. The Bertz CT molecular complexity index is 325. The summed E-state index contributed by atoms with van der Waals surface area (Å²) in [5.74, 6) is 0.618. The Hall–Kier alpha value is -1.42. The molecule has 0 atom stereocenters. The largest absolute Gasteiger partial charge is 0.506 e. The zero-order valence-corrected chi connectivity index (χ0v) is 9.94. The van der Waals surface area contributed by atoms with Gasteiger partial charge in [0.15, 0.2) is 0 Å². The first-order valence-corrected chi connectivity index (χ1v) is 5.61. The maximum Gasteiger partial charge on any atom is 0.146 e. The second kappa shape index (κ2) is 6.23. The number of rotatable bonds is 6. The molecule has 0 spiro atoms. The van der Waals surface area contributed by atoms with Crippen molar-refractivity contribution in [2.24, 2.45) is 0 Å². The van der Waals surface area contributed by atoms with Gasteiger partial charge in [0.05, 0.1) is 0 Å². The van der Waals surface area contributed by atoms with E-state index in [0.717, 1.165) is 19.6 Å². The second-order valence-corrected chi connectivity index (χ2v) is 3.56. The van der Waals surface area contributed by atoms with Crippen molar-refractivity contribution in [3.05, 3.63) is 18.2 Å². The van der Waals surface area contributed by atoms with Crippen molar-refractivity contribution in [1.29, 1.82) is 0 Å². The molecule has 1 rings (SSSR count). The van der Waals surface area contributed by atoms with E-state index in [1.54, 1.807) is 18.2 Å². The third-order valence-electron chi connectivity index (χ3n) is 2.60. The summed E-state index contributed by atoms with van der Waals surface area (Å²) in [5.41, 5.74) is 5.98. The van der Waals surface area contributed by atoms with Crippen LogP contribution in [0.5, 0.6) is 11.5 Å². The number of para-hydroxylation sites is 1. The molecular weight excluding hydrogens is 204 g/mol. The Labute approximate surface area is 96.6 Å². The number of hydrogen-bond donors (Lipinski definition) is 2. The molecule has 0 amide bonds. The van der Waals surface area contributed by atoms with Crippen molar-refractivity contribution in [2.45, 2.75) is 13.8 Å². The number of aromatic hydroxyl groups is 1. The van der Waals surface area contributed by atoms with E-state index < -0.39 is 0 Å². The van der Waals surface area contributed by atoms with Gasteiger partial charge in [0.25, 0.3) is 0 Å². The molecule has 0 unspecified atom stereocenters. The molecule has 0 aliphatic carbocycles. The summed E-state index contributed by atoms with van der Waals surface area (Å²) in [7, 11) is 0. The summed E-state index contributed by atoms with van der Waals surface area (Å²) >= 11 is 0. The molecule has 0 fully saturated rings. The van der Waals surface area contributed by atoms with Gasteiger partial charge in [-0.25, -0.2) is 0 Å². The van der Waals surface area contributed by atoms with Crippen molar-refractivity contribution in [2.75, 3.05) is 32.0 Å². The zero-order valence-electron chi connectivity index (χ0n) is 9.94. The predicted molar refractivity (Wildman–Crippen MR) is 65.8 cm³/mol. The molecule has 0 heterocycles. The SMILES string of the molecule is CCN(CC)CCOc1cccc(O)c1N. The molecule has 1 aromatic carbocycles. The van der Waals surface area contributed by atoms with Crippen molar-refractivity contribution in [3.8, 4) is 11.5 Å². The summed E-state index contributed by atoms with van der Waals surface area (Å²) in [6.07, 6.45) is 0. The van der Waals surface area contributed by atoms with Crippen LogP contribution in [0.25, 0.3) is 0 Å². The van der Waals surface area contributed by atoms with Crippen LogP contribution in [0.2, 0.25) is 0 Å². The van der Waals surface area contributed by atoms with Crippen LogP contribution in [0.3, 0.4) is 0 Å². The number of nitrogens with zero attached hydrogens (tertiary/aromatic N) is 1. The van der Waals surface area contributed by atoms with E-state index in [1.165, 1.54) is 0 Å². The standard InChI is InChI=1S/C12H20N2O2/c1-3-14(4-2)8-9-16-11-7-5-6-10(15)12(11)13/h5-7,15H,3-4,8-9,13H2,1-2H3. The molecule has 1 aromatic rings. The van der Waals surface area contributed by atoms with E-state index >= 15 is 0 Å². The first kappa shape index (κ1) is 12.6. The fourth-order valence-corrected chi connectivity index (χ4v) is 1.48. The van der Waals surface area contributed by atoms with Crippen LogP contribution < -0.4 is 10.5 Å². The van der Waals surface area contributed by atoms with Crippen molar-refractivity contribution >= 4 is 5.69 Å². The highest BCUT2D eigenvalue weighted by Gasteiger charge is 2.05. The van der Waals surface area contributed by atoms with E-state index in [9.17, 15) is 5.11 Å². The Kier molecular flexibility index (Phi) is 4.92. The van der Waals surface area contributed by atoms with E-state index in [2.05, 4.69) is 18.7 Å². The first-order chi connectivity index (χ1) is 7.69. The van der Waals surface area contributed by atoms with Crippen molar-refractivity contribution in [3.63, 3.8) is 0 Å². The van der Waals surface area contributed by atoms with Gasteiger partial charge in [0.2, 0.25) is 0 Å². The molecule has 0 saturated heterocycles. The smallest absolute Gasteiger partial charge is 0.146 e. The van der Waals surface area contributed by atoms with Gasteiger partial charge in [-0.3, -0.25) is 0 Å². The van der Waals surface area contributed by atoms with Crippen LogP contribution in [-0.4, -0.2) is 36.2 Å². The maximum atomic E-state index is 9.39. The quantitative estimate of drug-likeness (QED) is 0.570. The Balaban J connectivity index is 2.46. The second-order valence-electron chi connectivity index (χ2n) is 3.56. The van der Waals surface area contributed by atoms with E-state index in [4.69, 9.17) is 10.5 Å². The number of hydrogen-bond acceptors (Lipinski definition) is 4. The van der Waals surface area contributed by atoms with Crippen LogP contribution in [-0.2, 0) is 0 Å². The van der Waals surface area contributed by atoms with E-state index in [1.807, 2.05) is 0 Å². The monoisotopic (exact) mass is 224 g/mol. The van der Waals surface area contributed by atoms with E-state index in [0.29, 0.717) is 18.0 Å². The van der Waals surface area contributed by atoms with Gasteiger partial charge >= 0.3 is 0 Å². The Morgan fingerprint density at radius 1 is 1.31 bits per heavy atom. The van der Waals surface area contributed by atoms with Crippen LogP contribution in [0.4, 0.5) is 5.69 Å². The summed E-state index contributed by atoms with van der Waals surface area (Å²) in [6, 6.07) is 5.03. The summed E-state index contributed by atoms with van der Waals surface area (Å²) in [5, 5.41) is 9.39. The van der Waals surface area contributed by atoms with Crippen LogP contribution >= 0.6 is 0 Å². The van der Waals surface area contributed by atoms with Crippen LogP contribution in [0, 0.1) is 0 Å². The van der Waals surface area contributed by atoms with Gasteiger partial charge in [-0.05, 0) is 25.2 Å². The van der Waals surface area contributed by atoms with Crippen molar-refractivity contribution < 1.29 is 9.84 Å². The molecular formula is C12H20N2O2. The number of likely N-dealkylation sites (N-methyl/N-ethyl adjacent to an activating group) is 1. The molecule has 0 aliphatic rings. The Morgan fingerprint density at radius 3 is 2.62 bits per heavy atom. The number of nitrogens with two attached hydrogens (primary N) is 1. The number of benzene rings is 1. The van der Waals surface area contributed by atoms with Gasteiger partial charge in [-0.15, -0.1) is 0 Å². The summed E-state index contributed by atoms with van der Waals surface area (Å²) < 4.78 is 5.53. The molecule has 16 heavy (non-hydrogen) atoms. The number of anilines is 1. The third kappa shape index (κ3) is 3.31. The predicted octanol–water partition coefficient (Wildman–Crippen LogP) is 1.69. The fraction of sp³-hybridized carbons (Fsp3) is 0.500. The maximum absolute atomic E-state index is 9.39. The Morgan fingerprint density at radius 2 is 2.00 bits per heavy atom. The molecule has 4 nitrogen and oxygen atoms in total. The molecule has 4 heteroatoms. The minimum absolute atomic E-state index is 0.0698. The van der Waals surface area contributed by atoms with Crippen LogP contribution in [0.1, 0.15) is 13.8 Å².